The molecule has 3 nitrogen and oxygen atoms in total. The van der Waals surface area contributed by atoms with Crippen LogP contribution in [0.15, 0.2) is 30.9 Å². The zero-order valence-corrected chi connectivity index (χ0v) is 15.9. The van der Waals surface area contributed by atoms with Crippen LogP contribution in [-0.4, -0.2) is 41.3 Å². The molecule has 0 amide bonds. The number of nitrogens with zero attached hydrogens (tertiary/aromatic N) is 2. The lowest BCUT2D eigenvalue weighted by Crippen LogP contribution is -2.27. The third-order valence-corrected chi connectivity index (χ3v) is 5.39. The van der Waals surface area contributed by atoms with E-state index in [1.165, 1.54) is 36.0 Å². The molecule has 1 aliphatic rings. The van der Waals surface area contributed by atoms with Crippen molar-refractivity contribution in [3.63, 3.8) is 0 Å². The summed E-state index contributed by atoms with van der Waals surface area (Å²) in [5.74, 6) is 0.110. The van der Waals surface area contributed by atoms with E-state index in [1.807, 2.05) is 12.1 Å². The maximum Gasteiger partial charge on any atom is 0.125 e. The van der Waals surface area contributed by atoms with Crippen LogP contribution in [0, 0.1) is 5.82 Å². The average molecular weight is 346 g/mol. The van der Waals surface area contributed by atoms with Crippen molar-refractivity contribution < 1.29 is 9.50 Å². The molecule has 2 heterocycles. The normalized spacial score (nSPS) is 18.9. The number of likely N-dealkylation sites (N-methyl/N-ethyl adjacent to an activating group) is 1. The number of aromatic nitrogens is 1. The van der Waals surface area contributed by atoms with E-state index < -0.39 is 0 Å². The van der Waals surface area contributed by atoms with E-state index >= 15 is 0 Å². The summed E-state index contributed by atoms with van der Waals surface area (Å²) in [4.78, 5) is 2.46. The van der Waals surface area contributed by atoms with Crippen LogP contribution in [0.25, 0.3) is 10.9 Å². The number of aryl methyl sites for hydroxylation is 1. The zero-order chi connectivity index (χ0) is 18.6. The van der Waals surface area contributed by atoms with Crippen LogP contribution in [0.1, 0.15) is 43.9 Å². The zero-order valence-electron chi connectivity index (χ0n) is 15.9. The fourth-order valence-electron chi connectivity index (χ4n) is 4.07. The van der Waals surface area contributed by atoms with Crippen molar-refractivity contribution in [1.29, 1.82) is 0 Å². The van der Waals surface area contributed by atoms with Gasteiger partial charge in [-0.3, -0.25) is 0 Å². The molecule has 2 atom stereocenters. The second kappa shape index (κ2) is 8.63. The first-order valence-electron chi connectivity index (χ1n) is 9.14. The number of likely N-dealkylation sites (tertiary alicyclic amines) is 1. The molecular weight excluding hydrogens is 315 g/mol. The highest BCUT2D eigenvalue weighted by atomic mass is 19.1. The highest BCUT2D eigenvalue weighted by Crippen LogP contribution is 2.35. The van der Waals surface area contributed by atoms with Crippen LogP contribution in [0.3, 0.4) is 0 Å². The number of fused-ring (bicyclic) bond motifs is 1. The van der Waals surface area contributed by atoms with Crippen molar-refractivity contribution >= 4 is 10.9 Å². The minimum absolute atomic E-state index is 0.160. The van der Waals surface area contributed by atoms with Crippen molar-refractivity contribution in [3.8, 4) is 0 Å². The predicted octanol–water partition coefficient (Wildman–Crippen LogP) is 4.34. The highest BCUT2D eigenvalue weighted by Gasteiger charge is 2.26. The van der Waals surface area contributed by atoms with Gasteiger partial charge in [0.2, 0.25) is 0 Å². The Morgan fingerprint density at radius 3 is 2.68 bits per heavy atom. The summed E-state index contributed by atoms with van der Waals surface area (Å²) in [6.07, 6.45) is 5.56. The molecule has 0 bridgehead atoms. The number of hydrogen-bond acceptors (Lipinski definition) is 2. The van der Waals surface area contributed by atoms with E-state index in [9.17, 15) is 4.39 Å². The van der Waals surface area contributed by atoms with E-state index in [1.54, 1.807) is 12.1 Å². The van der Waals surface area contributed by atoms with Crippen LogP contribution in [0.5, 0.6) is 0 Å². The molecule has 0 radical (unpaired) electrons. The summed E-state index contributed by atoms with van der Waals surface area (Å²) in [6.45, 7) is 10.3. The lowest BCUT2D eigenvalue weighted by molar-refractivity contribution is 0.309. The minimum atomic E-state index is -0.160. The Hall–Kier alpha value is -1.65. The van der Waals surface area contributed by atoms with Crippen molar-refractivity contribution in [3.05, 3.63) is 47.9 Å². The van der Waals surface area contributed by atoms with Gasteiger partial charge in [0.15, 0.2) is 0 Å². The van der Waals surface area contributed by atoms with Crippen molar-refractivity contribution in [2.24, 2.45) is 0 Å². The van der Waals surface area contributed by atoms with Gasteiger partial charge in [-0.15, -0.1) is 6.58 Å². The fourth-order valence-corrected chi connectivity index (χ4v) is 4.07. The predicted molar refractivity (Wildman–Crippen MR) is 104 cm³/mol. The Bertz CT molecular complexity index is 722. The molecule has 2 unspecified atom stereocenters. The summed E-state index contributed by atoms with van der Waals surface area (Å²) in [7, 11) is 3.22. The summed E-state index contributed by atoms with van der Waals surface area (Å²) in [5.41, 5.74) is 3.71. The monoisotopic (exact) mass is 346 g/mol. The minimum Gasteiger partial charge on any atom is -0.400 e. The van der Waals surface area contributed by atoms with Crippen molar-refractivity contribution in [2.45, 2.75) is 51.6 Å². The Morgan fingerprint density at radius 1 is 1.40 bits per heavy atom. The Labute approximate surface area is 150 Å². The van der Waals surface area contributed by atoms with E-state index in [0.717, 1.165) is 25.6 Å². The standard InChI is InChI=1S/C20H27FN2.CH4O/c1-5-14(3)20-18(13-16-8-7-11-22(16)4)17-10-9-15(21)12-19(17)23(20)6-2;1-2/h5,9-10,12,14,16H,1,6-8,11,13H2,2-4H3;2H,1H3. The molecule has 1 aromatic carbocycles. The molecule has 0 aliphatic carbocycles. The average Bonchev–Trinajstić information content (AvgIpc) is 3.17. The molecule has 25 heavy (non-hydrogen) atoms. The first-order valence-corrected chi connectivity index (χ1v) is 9.14. The van der Waals surface area contributed by atoms with Gasteiger partial charge in [0.25, 0.3) is 0 Å². The number of halogens is 1. The molecule has 4 heteroatoms. The van der Waals surface area contributed by atoms with Gasteiger partial charge in [0.05, 0.1) is 5.52 Å². The molecule has 1 N–H and O–H groups in total. The van der Waals surface area contributed by atoms with Gasteiger partial charge in [-0.25, -0.2) is 4.39 Å². The van der Waals surface area contributed by atoms with Gasteiger partial charge < -0.3 is 14.6 Å². The molecule has 0 saturated carbocycles. The fraction of sp³-hybridized carbons (Fsp3) is 0.524. The van der Waals surface area contributed by atoms with Gasteiger partial charge in [0, 0.05) is 36.7 Å². The van der Waals surface area contributed by atoms with Crippen LogP contribution in [0.2, 0.25) is 0 Å². The molecule has 2 aromatic rings. The van der Waals surface area contributed by atoms with Crippen LogP contribution in [0.4, 0.5) is 4.39 Å². The molecule has 1 aromatic heterocycles. The highest BCUT2D eigenvalue weighted by molar-refractivity contribution is 5.86. The lowest BCUT2D eigenvalue weighted by atomic mass is 9.95. The van der Waals surface area contributed by atoms with E-state index in [2.05, 4.69) is 36.9 Å². The summed E-state index contributed by atoms with van der Waals surface area (Å²) >= 11 is 0. The Morgan fingerprint density at radius 2 is 2.12 bits per heavy atom. The number of aliphatic hydroxyl groups is 1. The van der Waals surface area contributed by atoms with Crippen molar-refractivity contribution in [2.75, 3.05) is 20.7 Å². The number of hydrogen-bond donors (Lipinski definition) is 1. The van der Waals surface area contributed by atoms with Crippen LogP contribution in [-0.2, 0) is 13.0 Å². The van der Waals surface area contributed by atoms with E-state index in [4.69, 9.17) is 5.11 Å². The third-order valence-electron chi connectivity index (χ3n) is 5.39. The van der Waals surface area contributed by atoms with E-state index in [-0.39, 0.29) is 11.7 Å². The molecular formula is C21H31FN2O. The van der Waals surface area contributed by atoms with Gasteiger partial charge in [-0.2, -0.15) is 0 Å². The Kier molecular flexibility index (Phi) is 6.79. The van der Waals surface area contributed by atoms with Gasteiger partial charge in [-0.1, -0.05) is 13.0 Å². The number of rotatable bonds is 5. The SMILES string of the molecule is C=CC(C)c1c(CC2CCCN2C)c2ccc(F)cc2n1CC.CO. The summed E-state index contributed by atoms with van der Waals surface area (Å²) < 4.78 is 16.1. The smallest absolute Gasteiger partial charge is 0.125 e. The van der Waals surface area contributed by atoms with E-state index in [0.29, 0.717) is 6.04 Å². The maximum atomic E-state index is 13.8. The maximum absolute atomic E-state index is 13.8. The number of aliphatic hydroxyl groups excluding tert-OH is 1. The van der Waals surface area contributed by atoms with Crippen molar-refractivity contribution in [1.82, 2.24) is 9.47 Å². The third kappa shape index (κ3) is 3.80. The largest absolute Gasteiger partial charge is 0.400 e. The summed E-state index contributed by atoms with van der Waals surface area (Å²) in [5, 5.41) is 8.21. The van der Waals surface area contributed by atoms with Gasteiger partial charge >= 0.3 is 0 Å². The summed E-state index contributed by atoms with van der Waals surface area (Å²) in [6, 6.07) is 5.82. The number of allylic oxidation sites excluding steroid dienone is 1. The lowest BCUT2D eigenvalue weighted by Gasteiger charge is -2.21. The second-order valence-electron chi connectivity index (χ2n) is 6.77. The first-order chi connectivity index (χ1) is 12.1. The molecule has 138 valence electrons. The first kappa shape index (κ1) is 19.7. The quantitative estimate of drug-likeness (QED) is 0.816. The molecule has 0 spiro atoms. The van der Waals surface area contributed by atoms with Gasteiger partial charge in [-0.05, 0) is 63.5 Å². The molecule has 1 fully saturated rings. The molecule has 1 saturated heterocycles. The number of benzene rings is 1. The molecule has 3 rings (SSSR count). The van der Waals surface area contributed by atoms with Gasteiger partial charge in [0.1, 0.15) is 5.82 Å². The van der Waals surface area contributed by atoms with Crippen LogP contribution < -0.4 is 0 Å². The second-order valence-corrected chi connectivity index (χ2v) is 6.77. The molecule has 1 aliphatic heterocycles. The van der Waals surface area contributed by atoms with Crippen LogP contribution >= 0.6 is 0 Å². The topological polar surface area (TPSA) is 28.4 Å². The Balaban J connectivity index is 0.00000109.